The number of hydrogen-bond donors (Lipinski definition) is 2. The number of nitro benzene ring substituents is 1. The number of hydrogen-bond acceptors (Lipinski definition) is 5. The van der Waals surface area contributed by atoms with Gasteiger partial charge < -0.3 is 15.5 Å². The first-order valence-corrected chi connectivity index (χ1v) is 11.8. The first-order valence-electron chi connectivity index (χ1n) is 11.4. The minimum Gasteiger partial charge on any atom is -0.371 e. The Morgan fingerprint density at radius 1 is 0.939 bits per heavy atom. The zero-order chi connectivity index (χ0) is 23.4. The van der Waals surface area contributed by atoms with Gasteiger partial charge in [0.05, 0.1) is 21.1 Å². The third-order valence-corrected chi connectivity index (χ3v) is 6.61. The van der Waals surface area contributed by atoms with Crippen molar-refractivity contribution in [2.24, 2.45) is 0 Å². The van der Waals surface area contributed by atoms with Gasteiger partial charge in [0.15, 0.2) is 0 Å². The van der Waals surface area contributed by atoms with E-state index in [1.165, 1.54) is 18.6 Å². The van der Waals surface area contributed by atoms with Gasteiger partial charge in [0.25, 0.3) is 17.5 Å². The Labute approximate surface area is 197 Å². The van der Waals surface area contributed by atoms with E-state index in [-0.39, 0.29) is 28.2 Å². The molecular weight excluding hydrogens is 444 g/mol. The molecule has 2 aromatic rings. The molecule has 2 N–H and O–H groups in total. The van der Waals surface area contributed by atoms with Gasteiger partial charge in [-0.25, -0.2) is 0 Å². The smallest absolute Gasteiger partial charge is 0.270 e. The van der Waals surface area contributed by atoms with Crippen LogP contribution >= 0.6 is 11.6 Å². The van der Waals surface area contributed by atoms with Crippen molar-refractivity contribution >= 4 is 40.5 Å². The summed E-state index contributed by atoms with van der Waals surface area (Å²) in [6.45, 7) is 1.79. The van der Waals surface area contributed by atoms with Gasteiger partial charge in [-0.3, -0.25) is 19.7 Å². The van der Waals surface area contributed by atoms with Crippen LogP contribution in [0, 0.1) is 10.1 Å². The number of carbonyl (C=O) groups excluding carboxylic acids is 2. The Bertz CT molecular complexity index is 1060. The molecule has 174 valence electrons. The molecule has 0 unspecified atom stereocenters. The number of benzene rings is 2. The van der Waals surface area contributed by atoms with E-state index in [1.807, 2.05) is 6.07 Å². The molecule has 2 amide bonds. The van der Waals surface area contributed by atoms with E-state index in [2.05, 4.69) is 15.5 Å². The van der Waals surface area contributed by atoms with Gasteiger partial charge in [0.1, 0.15) is 0 Å². The highest BCUT2D eigenvalue weighted by Gasteiger charge is 2.23. The molecule has 33 heavy (non-hydrogen) atoms. The fourth-order valence-corrected chi connectivity index (χ4v) is 4.80. The molecule has 9 heteroatoms. The maximum absolute atomic E-state index is 13.2. The van der Waals surface area contributed by atoms with Crippen molar-refractivity contribution in [1.29, 1.82) is 0 Å². The topological polar surface area (TPSA) is 105 Å². The van der Waals surface area contributed by atoms with Crippen LogP contribution in [0.1, 0.15) is 65.7 Å². The van der Waals surface area contributed by atoms with Gasteiger partial charge in [0, 0.05) is 42.6 Å². The number of nitrogens with one attached hydrogen (secondary N) is 2. The molecule has 2 fully saturated rings. The SMILES string of the molecule is O=C(Nc1ccc(N2CCCC2)c(C(=O)NC2CCCCC2)c1)c1ccc([N+](=O)[O-])cc1Cl. The molecule has 4 rings (SSSR count). The second-order valence-corrected chi connectivity index (χ2v) is 9.02. The van der Waals surface area contributed by atoms with Gasteiger partial charge in [-0.15, -0.1) is 0 Å². The van der Waals surface area contributed by atoms with Crippen molar-refractivity contribution in [2.75, 3.05) is 23.3 Å². The maximum atomic E-state index is 13.2. The summed E-state index contributed by atoms with van der Waals surface area (Å²) in [5, 5.41) is 16.9. The number of carbonyl (C=O) groups is 2. The molecular formula is C24H27ClN4O4. The van der Waals surface area contributed by atoms with E-state index in [0.29, 0.717) is 11.3 Å². The highest BCUT2D eigenvalue weighted by Crippen LogP contribution is 2.29. The van der Waals surface area contributed by atoms with Crippen LogP contribution in [0.4, 0.5) is 17.1 Å². The van der Waals surface area contributed by atoms with Crippen LogP contribution in [-0.4, -0.2) is 35.9 Å². The van der Waals surface area contributed by atoms with E-state index < -0.39 is 10.8 Å². The number of halogens is 1. The van der Waals surface area contributed by atoms with Crippen molar-refractivity contribution in [3.63, 3.8) is 0 Å². The lowest BCUT2D eigenvalue weighted by atomic mass is 9.95. The second-order valence-electron chi connectivity index (χ2n) is 8.61. The molecule has 0 radical (unpaired) electrons. The quantitative estimate of drug-likeness (QED) is 0.448. The fourth-order valence-electron chi connectivity index (χ4n) is 4.54. The van der Waals surface area contributed by atoms with E-state index in [1.54, 1.807) is 12.1 Å². The maximum Gasteiger partial charge on any atom is 0.270 e. The summed E-state index contributed by atoms with van der Waals surface area (Å²) in [7, 11) is 0. The molecule has 1 saturated heterocycles. The highest BCUT2D eigenvalue weighted by molar-refractivity contribution is 6.34. The average Bonchev–Trinajstić information content (AvgIpc) is 3.34. The van der Waals surface area contributed by atoms with Crippen LogP contribution < -0.4 is 15.5 Å². The Hall–Kier alpha value is -3.13. The second kappa shape index (κ2) is 10.2. The molecule has 0 spiro atoms. The van der Waals surface area contributed by atoms with Gasteiger partial charge in [-0.2, -0.15) is 0 Å². The zero-order valence-electron chi connectivity index (χ0n) is 18.3. The summed E-state index contributed by atoms with van der Waals surface area (Å²) >= 11 is 6.10. The van der Waals surface area contributed by atoms with Crippen LogP contribution in [0.2, 0.25) is 5.02 Å². The Kier molecular flexibility index (Phi) is 7.13. The molecule has 2 aliphatic rings. The van der Waals surface area contributed by atoms with Crippen molar-refractivity contribution in [2.45, 2.75) is 51.0 Å². The molecule has 0 aromatic heterocycles. The minimum absolute atomic E-state index is 0.00866. The molecule has 1 saturated carbocycles. The predicted molar refractivity (Wildman–Crippen MR) is 128 cm³/mol. The predicted octanol–water partition coefficient (Wildman–Crippen LogP) is 5.16. The number of non-ortho nitro benzene ring substituents is 1. The van der Waals surface area contributed by atoms with E-state index in [4.69, 9.17) is 11.6 Å². The van der Waals surface area contributed by atoms with E-state index in [0.717, 1.165) is 63.4 Å². The summed E-state index contributed by atoms with van der Waals surface area (Å²) < 4.78 is 0. The lowest BCUT2D eigenvalue weighted by molar-refractivity contribution is -0.384. The summed E-state index contributed by atoms with van der Waals surface area (Å²) in [4.78, 5) is 38.5. The Morgan fingerprint density at radius 3 is 2.33 bits per heavy atom. The number of anilines is 2. The standard InChI is InChI=1S/C24H27ClN4O4/c25-21-15-18(29(32)33)9-10-19(21)23(30)27-17-8-11-22(28-12-4-5-13-28)20(14-17)24(31)26-16-6-2-1-3-7-16/h8-11,14-16H,1-7,12-13H2,(H,26,31)(H,27,30). The van der Waals surface area contributed by atoms with Gasteiger partial charge in [-0.1, -0.05) is 30.9 Å². The molecule has 0 bridgehead atoms. The Balaban J connectivity index is 1.57. The molecule has 1 aliphatic heterocycles. The summed E-state index contributed by atoms with van der Waals surface area (Å²) in [5.74, 6) is -0.629. The summed E-state index contributed by atoms with van der Waals surface area (Å²) in [6, 6.07) is 9.22. The van der Waals surface area contributed by atoms with Crippen molar-refractivity contribution in [3.05, 3.63) is 62.7 Å². The largest absolute Gasteiger partial charge is 0.371 e. The van der Waals surface area contributed by atoms with Crippen LogP contribution in [0.5, 0.6) is 0 Å². The van der Waals surface area contributed by atoms with Crippen LogP contribution in [0.25, 0.3) is 0 Å². The van der Waals surface area contributed by atoms with Crippen LogP contribution in [0.15, 0.2) is 36.4 Å². The molecule has 1 aliphatic carbocycles. The normalized spacial score (nSPS) is 16.5. The molecule has 2 aromatic carbocycles. The number of rotatable bonds is 6. The van der Waals surface area contributed by atoms with Crippen LogP contribution in [0.3, 0.4) is 0 Å². The minimum atomic E-state index is -0.568. The average molecular weight is 471 g/mol. The number of nitro groups is 1. The van der Waals surface area contributed by atoms with Crippen molar-refractivity contribution in [3.8, 4) is 0 Å². The van der Waals surface area contributed by atoms with Gasteiger partial charge in [-0.05, 0) is 49.9 Å². The zero-order valence-corrected chi connectivity index (χ0v) is 19.1. The first-order chi connectivity index (χ1) is 15.9. The first kappa shape index (κ1) is 23.0. The molecule has 0 atom stereocenters. The molecule has 8 nitrogen and oxygen atoms in total. The van der Waals surface area contributed by atoms with Crippen molar-refractivity contribution in [1.82, 2.24) is 5.32 Å². The van der Waals surface area contributed by atoms with Gasteiger partial charge >= 0.3 is 0 Å². The number of nitrogens with zero attached hydrogens (tertiary/aromatic N) is 2. The summed E-state index contributed by atoms with van der Waals surface area (Å²) in [5.41, 5.74) is 1.81. The highest BCUT2D eigenvalue weighted by atomic mass is 35.5. The van der Waals surface area contributed by atoms with E-state index >= 15 is 0 Å². The summed E-state index contributed by atoms with van der Waals surface area (Å²) in [6.07, 6.45) is 7.59. The van der Waals surface area contributed by atoms with Crippen molar-refractivity contribution < 1.29 is 14.5 Å². The van der Waals surface area contributed by atoms with E-state index in [9.17, 15) is 19.7 Å². The lowest BCUT2D eigenvalue weighted by Gasteiger charge is -2.25. The third kappa shape index (κ3) is 5.45. The third-order valence-electron chi connectivity index (χ3n) is 6.29. The van der Waals surface area contributed by atoms with Gasteiger partial charge in [0.2, 0.25) is 0 Å². The fraction of sp³-hybridized carbons (Fsp3) is 0.417. The lowest BCUT2D eigenvalue weighted by Crippen LogP contribution is -2.37. The monoisotopic (exact) mass is 470 g/mol. The number of amides is 2. The van der Waals surface area contributed by atoms with Crippen LogP contribution in [-0.2, 0) is 0 Å². The Morgan fingerprint density at radius 2 is 1.67 bits per heavy atom. The molecule has 1 heterocycles.